The summed E-state index contributed by atoms with van der Waals surface area (Å²) in [5.41, 5.74) is 1.48. The number of rotatable bonds is 5. The Balaban J connectivity index is 1.97. The molecule has 2 atom stereocenters. The van der Waals surface area contributed by atoms with Gasteiger partial charge in [0.05, 0.1) is 32.3 Å². The van der Waals surface area contributed by atoms with Crippen LogP contribution in [0.25, 0.3) is 11.0 Å². The lowest BCUT2D eigenvalue weighted by molar-refractivity contribution is 0.438. The Hall–Kier alpha value is -1.02. The van der Waals surface area contributed by atoms with Crippen molar-refractivity contribution in [3.63, 3.8) is 0 Å². The number of hydrogen-bond acceptors (Lipinski definition) is 3. The molecule has 2 aromatic heterocycles. The van der Waals surface area contributed by atoms with Gasteiger partial charge in [-0.3, -0.25) is 0 Å². The summed E-state index contributed by atoms with van der Waals surface area (Å²) in [5.74, 6) is 0.881. The van der Waals surface area contributed by atoms with E-state index in [4.69, 9.17) is 4.98 Å². The van der Waals surface area contributed by atoms with Gasteiger partial charge in [0, 0.05) is 21.2 Å². The Bertz CT molecular complexity index is 879. The van der Waals surface area contributed by atoms with E-state index in [0.29, 0.717) is 6.42 Å². The van der Waals surface area contributed by atoms with Crippen molar-refractivity contribution in [1.82, 2.24) is 14.7 Å². The lowest BCUT2D eigenvalue weighted by Gasteiger charge is -2.32. The van der Waals surface area contributed by atoms with Crippen LogP contribution in [0, 0.1) is 0 Å². The maximum absolute atomic E-state index is 12.8. The molecule has 0 saturated carbocycles. The molecule has 0 amide bonds. The van der Waals surface area contributed by atoms with Crippen molar-refractivity contribution in [2.24, 2.45) is 0 Å². The summed E-state index contributed by atoms with van der Waals surface area (Å²) in [7, 11) is -1.19. The Kier molecular flexibility index (Phi) is 5.21. The van der Waals surface area contributed by atoms with Crippen molar-refractivity contribution in [2.75, 3.05) is 0 Å². The Morgan fingerprint density at radius 2 is 2.00 bits per heavy atom. The molecular formula is C18H22BrN3OS2. The molecule has 1 unspecified atom stereocenters. The molecule has 0 aliphatic rings. The summed E-state index contributed by atoms with van der Waals surface area (Å²) in [6.07, 6.45) is 0.621. The van der Waals surface area contributed by atoms with Crippen molar-refractivity contribution < 1.29 is 4.21 Å². The number of hydrogen-bond donors (Lipinski definition) is 2. The topological polar surface area (TPSA) is 57.8 Å². The van der Waals surface area contributed by atoms with Gasteiger partial charge >= 0.3 is 0 Å². The summed E-state index contributed by atoms with van der Waals surface area (Å²) in [4.78, 5) is 9.20. The molecule has 0 fully saturated rings. The molecule has 134 valence electrons. The van der Waals surface area contributed by atoms with E-state index in [1.807, 2.05) is 50.4 Å². The van der Waals surface area contributed by atoms with Crippen molar-refractivity contribution in [2.45, 2.75) is 44.4 Å². The first-order valence-electron chi connectivity index (χ1n) is 8.05. The molecule has 2 N–H and O–H groups in total. The molecule has 0 aliphatic heterocycles. The van der Waals surface area contributed by atoms with Crippen LogP contribution in [0.15, 0.2) is 40.2 Å². The van der Waals surface area contributed by atoms with Crippen LogP contribution in [-0.2, 0) is 22.9 Å². The summed E-state index contributed by atoms with van der Waals surface area (Å²) in [5, 5.41) is 2.05. The number of nitrogens with one attached hydrogen (secondary N) is 2. The van der Waals surface area contributed by atoms with E-state index in [9.17, 15) is 4.21 Å². The lowest BCUT2D eigenvalue weighted by Crippen LogP contribution is -2.47. The maximum Gasteiger partial charge on any atom is 0.109 e. The molecule has 3 rings (SSSR count). The molecule has 7 heteroatoms. The number of thiophene rings is 1. The van der Waals surface area contributed by atoms with Gasteiger partial charge in [0.1, 0.15) is 5.82 Å². The van der Waals surface area contributed by atoms with Gasteiger partial charge in [-0.15, -0.1) is 11.3 Å². The highest BCUT2D eigenvalue weighted by atomic mass is 79.9. The van der Waals surface area contributed by atoms with Crippen molar-refractivity contribution >= 4 is 49.3 Å². The fourth-order valence-corrected chi connectivity index (χ4v) is 5.07. The number of benzene rings is 1. The Labute approximate surface area is 163 Å². The van der Waals surface area contributed by atoms with E-state index in [2.05, 4.69) is 38.6 Å². The lowest BCUT2D eigenvalue weighted by atomic mass is 9.97. The van der Waals surface area contributed by atoms with Gasteiger partial charge in [-0.05, 0) is 61.8 Å². The van der Waals surface area contributed by atoms with Crippen LogP contribution in [0.5, 0.6) is 0 Å². The molecule has 25 heavy (non-hydrogen) atoms. The first-order valence-corrected chi connectivity index (χ1v) is 10.9. The number of H-pyrrole nitrogens is 1. The van der Waals surface area contributed by atoms with E-state index < -0.39 is 16.5 Å². The number of halogens is 1. The number of aromatic amines is 1. The maximum atomic E-state index is 12.8. The summed E-state index contributed by atoms with van der Waals surface area (Å²) in [6.45, 7) is 8.01. The van der Waals surface area contributed by atoms with E-state index >= 15 is 0 Å². The van der Waals surface area contributed by atoms with E-state index in [1.165, 1.54) is 0 Å². The van der Waals surface area contributed by atoms with Gasteiger partial charge in [0.2, 0.25) is 0 Å². The fourth-order valence-electron chi connectivity index (χ4n) is 2.56. The highest BCUT2D eigenvalue weighted by molar-refractivity contribution is 9.10. The standard InChI is InChI=1S/C18H22BrN3OS2/c1-17(2,3)25(23)22-18(4,15-9-12(19)11-24-15)10-16-20-13-7-5-6-8-14(13)21-16/h5-9,11,22H,10H2,1-4H3,(H,20,21)/t18-,25?/m0/s1. The largest absolute Gasteiger partial charge is 0.342 e. The number of aromatic nitrogens is 2. The van der Waals surface area contributed by atoms with Gasteiger partial charge in [-0.2, -0.15) is 0 Å². The van der Waals surface area contributed by atoms with Crippen LogP contribution in [-0.4, -0.2) is 18.9 Å². The number of nitrogens with zero attached hydrogens (tertiary/aromatic N) is 1. The highest BCUT2D eigenvalue weighted by Crippen LogP contribution is 2.34. The van der Waals surface area contributed by atoms with Gasteiger partial charge < -0.3 is 4.98 Å². The predicted molar refractivity (Wildman–Crippen MR) is 110 cm³/mol. The molecule has 4 nitrogen and oxygen atoms in total. The smallest absolute Gasteiger partial charge is 0.109 e. The van der Waals surface area contributed by atoms with E-state index in [0.717, 1.165) is 26.2 Å². The zero-order valence-electron chi connectivity index (χ0n) is 14.7. The normalized spacial score (nSPS) is 16.0. The number of para-hydroxylation sites is 2. The first kappa shape index (κ1) is 18.8. The van der Waals surface area contributed by atoms with Crippen LogP contribution in [0.2, 0.25) is 0 Å². The third-order valence-corrected chi connectivity index (χ3v) is 7.65. The minimum Gasteiger partial charge on any atom is -0.342 e. The summed E-state index contributed by atoms with van der Waals surface area (Å²) < 4.78 is 16.8. The predicted octanol–water partition coefficient (Wildman–Crippen LogP) is 4.90. The Morgan fingerprint density at radius 1 is 1.28 bits per heavy atom. The van der Waals surface area contributed by atoms with Crippen LogP contribution < -0.4 is 4.72 Å². The zero-order chi connectivity index (χ0) is 18.2. The van der Waals surface area contributed by atoms with Crippen LogP contribution in [0.3, 0.4) is 0 Å². The fraction of sp³-hybridized carbons (Fsp3) is 0.389. The molecule has 0 bridgehead atoms. The van der Waals surface area contributed by atoms with Crippen molar-refractivity contribution in [3.05, 3.63) is 50.9 Å². The Morgan fingerprint density at radius 3 is 2.60 bits per heavy atom. The molecule has 0 aliphatic carbocycles. The van der Waals surface area contributed by atoms with E-state index in [1.54, 1.807) is 11.3 Å². The molecule has 0 saturated heterocycles. The average molecular weight is 440 g/mol. The van der Waals surface area contributed by atoms with Crippen LogP contribution in [0.1, 0.15) is 38.4 Å². The third-order valence-electron chi connectivity index (χ3n) is 3.94. The molecule has 3 aromatic rings. The van der Waals surface area contributed by atoms with Crippen molar-refractivity contribution in [3.8, 4) is 0 Å². The van der Waals surface area contributed by atoms with Crippen LogP contribution >= 0.6 is 27.3 Å². The molecule has 1 aromatic carbocycles. The molecule has 2 heterocycles. The van der Waals surface area contributed by atoms with Gasteiger partial charge in [-0.25, -0.2) is 13.9 Å². The molecule has 0 spiro atoms. The van der Waals surface area contributed by atoms with E-state index in [-0.39, 0.29) is 4.75 Å². The summed E-state index contributed by atoms with van der Waals surface area (Å²) >= 11 is 5.18. The summed E-state index contributed by atoms with van der Waals surface area (Å²) in [6, 6.07) is 10.1. The van der Waals surface area contributed by atoms with Gasteiger partial charge in [-0.1, -0.05) is 12.1 Å². The van der Waals surface area contributed by atoms with Gasteiger partial charge in [0.15, 0.2) is 0 Å². The molecular weight excluding hydrogens is 418 g/mol. The highest BCUT2D eigenvalue weighted by Gasteiger charge is 2.35. The third kappa shape index (κ3) is 4.22. The minimum absolute atomic E-state index is 0.344. The SMILES string of the molecule is CC(C)(C)S(=O)N[C@@](C)(Cc1nc2ccccc2[nH]1)c1cc(Br)cs1. The monoisotopic (exact) mass is 439 g/mol. The number of imidazole rings is 1. The molecule has 0 radical (unpaired) electrons. The quantitative estimate of drug-likeness (QED) is 0.593. The second-order valence-electron chi connectivity index (χ2n) is 7.32. The van der Waals surface area contributed by atoms with Gasteiger partial charge in [0.25, 0.3) is 0 Å². The van der Waals surface area contributed by atoms with Crippen molar-refractivity contribution in [1.29, 1.82) is 0 Å². The second kappa shape index (κ2) is 6.95. The number of fused-ring (bicyclic) bond motifs is 1. The average Bonchev–Trinajstić information content (AvgIpc) is 3.11. The zero-order valence-corrected chi connectivity index (χ0v) is 17.9. The van der Waals surface area contributed by atoms with Crippen LogP contribution in [0.4, 0.5) is 0 Å². The first-order chi connectivity index (χ1) is 11.7. The second-order valence-corrected chi connectivity index (χ2v) is 11.1. The minimum atomic E-state index is -1.19.